The van der Waals surface area contributed by atoms with Crippen LogP contribution in [0.1, 0.15) is 11.4 Å². The summed E-state index contributed by atoms with van der Waals surface area (Å²) in [5.41, 5.74) is 0.994. The maximum atomic E-state index is 11.8. The predicted molar refractivity (Wildman–Crippen MR) is 89.4 cm³/mol. The van der Waals surface area contributed by atoms with Gasteiger partial charge in [0, 0.05) is 19.6 Å². The van der Waals surface area contributed by atoms with Gasteiger partial charge in [0.15, 0.2) is 5.82 Å². The number of aliphatic hydroxyl groups is 1. The third-order valence-electron chi connectivity index (χ3n) is 3.90. The summed E-state index contributed by atoms with van der Waals surface area (Å²) in [4.78, 5) is 14.0. The van der Waals surface area contributed by atoms with Crippen molar-refractivity contribution < 1.29 is 14.4 Å². The van der Waals surface area contributed by atoms with Gasteiger partial charge in [0.1, 0.15) is 0 Å². The summed E-state index contributed by atoms with van der Waals surface area (Å²) in [5, 5.41) is 14.0. The topological polar surface area (TPSA) is 80.7 Å². The van der Waals surface area contributed by atoms with Gasteiger partial charge in [-0.3, -0.25) is 14.0 Å². The fourth-order valence-corrected chi connectivity index (χ4v) is 2.65. The van der Waals surface area contributed by atoms with Crippen molar-refractivity contribution >= 4 is 12.2 Å². The molecular formula is C17H21N3O4. The summed E-state index contributed by atoms with van der Waals surface area (Å²) in [7, 11) is 0. The lowest BCUT2D eigenvalue weighted by atomic mass is 10.2. The lowest BCUT2D eigenvalue weighted by Gasteiger charge is -2.28. The number of benzene rings is 1. The van der Waals surface area contributed by atoms with Crippen LogP contribution in [0.4, 0.5) is 0 Å². The van der Waals surface area contributed by atoms with Crippen molar-refractivity contribution in [2.45, 2.75) is 12.6 Å². The number of β-amino-alcohol motifs (C(OH)–C–C–N with tert-alkyl or cyclic N) is 1. The van der Waals surface area contributed by atoms with Crippen LogP contribution in [0.2, 0.25) is 0 Å². The van der Waals surface area contributed by atoms with Gasteiger partial charge in [-0.15, -0.1) is 0 Å². The van der Waals surface area contributed by atoms with Crippen LogP contribution in [0, 0.1) is 0 Å². The summed E-state index contributed by atoms with van der Waals surface area (Å²) in [6.07, 6.45) is 2.88. The molecule has 1 aromatic heterocycles. The van der Waals surface area contributed by atoms with E-state index >= 15 is 0 Å². The minimum absolute atomic E-state index is 0.147. The molecular weight excluding hydrogens is 310 g/mol. The molecule has 1 N–H and O–H groups in total. The van der Waals surface area contributed by atoms with Gasteiger partial charge >= 0.3 is 5.76 Å². The highest BCUT2D eigenvalue weighted by molar-refractivity contribution is 5.66. The molecule has 2 heterocycles. The molecule has 0 amide bonds. The Bertz CT molecular complexity index is 717. The van der Waals surface area contributed by atoms with E-state index in [1.54, 1.807) is 6.08 Å². The molecule has 3 rings (SSSR count). The van der Waals surface area contributed by atoms with Crippen molar-refractivity contribution in [3.63, 3.8) is 0 Å². The van der Waals surface area contributed by atoms with E-state index in [0.29, 0.717) is 25.6 Å². The van der Waals surface area contributed by atoms with Crippen LogP contribution in [0.25, 0.3) is 12.2 Å². The second-order valence-electron chi connectivity index (χ2n) is 5.73. The highest BCUT2D eigenvalue weighted by Crippen LogP contribution is 2.07. The lowest BCUT2D eigenvalue weighted by Crippen LogP contribution is -2.42. The quantitative estimate of drug-likeness (QED) is 0.839. The zero-order valence-electron chi connectivity index (χ0n) is 13.4. The van der Waals surface area contributed by atoms with Gasteiger partial charge in [0.05, 0.1) is 25.9 Å². The minimum Gasteiger partial charge on any atom is -0.390 e. The van der Waals surface area contributed by atoms with Crippen LogP contribution in [-0.4, -0.2) is 58.7 Å². The molecule has 0 saturated carbocycles. The molecule has 7 heteroatoms. The zero-order chi connectivity index (χ0) is 16.8. The Kier molecular flexibility index (Phi) is 5.58. The number of rotatable bonds is 6. The van der Waals surface area contributed by atoms with Gasteiger partial charge in [-0.2, -0.15) is 0 Å². The molecule has 0 spiro atoms. The van der Waals surface area contributed by atoms with Crippen molar-refractivity contribution in [2.75, 3.05) is 32.8 Å². The minimum atomic E-state index is -0.677. The average molecular weight is 331 g/mol. The third kappa shape index (κ3) is 4.41. The first-order valence-electron chi connectivity index (χ1n) is 8.00. The molecule has 1 fully saturated rings. The van der Waals surface area contributed by atoms with Gasteiger partial charge in [-0.25, -0.2) is 4.79 Å². The maximum Gasteiger partial charge on any atom is 0.441 e. The molecule has 1 aliphatic heterocycles. The van der Waals surface area contributed by atoms with E-state index in [-0.39, 0.29) is 6.54 Å². The summed E-state index contributed by atoms with van der Waals surface area (Å²) in [5.74, 6) is -0.173. The Morgan fingerprint density at radius 2 is 1.92 bits per heavy atom. The van der Waals surface area contributed by atoms with Gasteiger partial charge in [-0.05, 0) is 11.6 Å². The van der Waals surface area contributed by atoms with Crippen LogP contribution in [0.5, 0.6) is 0 Å². The van der Waals surface area contributed by atoms with Gasteiger partial charge in [0.2, 0.25) is 0 Å². The SMILES string of the molecule is O=c1onc(/C=C/c2ccccc2)n1CC(O)CN1CCOCC1. The number of aromatic nitrogens is 2. The number of hydrogen-bond donors (Lipinski definition) is 1. The molecule has 1 saturated heterocycles. The molecule has 1 atom stereocenters. The first kappa shape index (κ1) is 16.6. The normalized spacial score (nSPS) is 17.4. The number of ether oxygens (including phenoxy) is 1. The fraction of sp³-hybridized carbons (Fsp3) is 0.412. The van der Waals surface area contributed by atoms with Crippen molar-refractivity contribution in [1.29, 1.82) is 0 Å². The second-order valence-corrected chi connectivity index (χ2v) is 5.73. The van der Waals surface area contributed by atoms with Crippen LogP contribution in [0.15, 0.2) is 39.6 Å². The van der Waals surface area contributed by atoms with E-state index in [4.69, 9.17) is 9.26 Å². The lowest BCUT2D eigenvalue weighted by molar-refractivity contribution is 0.0111. The predicted octanol–water partition coefficient (Wildman–Crippen LogP) is 0.700. The van der Waals surface area contributed by atoms with E-state index in [2.05, 4.69) is 10.1 Å². The van der Waals surface area contributed by atoms with Gasteiger partial charge < -0.3 is 9.84 Å². The molecule has 2 aromatic rings. The van der Waals surface area contributed by atoms with Gasteiger partial charge in [0.25, 0.3) is 0 Å². The Hall–Kier alpha value is -2.22. The molecule has 1 aromatic carbocycles. The number of aliphatic hydroxyl groups excluding tert-OH is 1. The molecule has 128 valence electrons. The standard InChI is InChI=1S/C17H21N3O4/c21-15(12-19-8-10-23-11-9-19)13-20-16(18-24-17(20)22)7-6-14-4-2-1-3-5-14/h1-7,15,21H,8-13H2/b7-6+. The number of morpholine rings is 1. The summed E-state index contributed by atoms with van der Waals surface area (Å²) < 4.78 is 11.4. The molecule has 1 aliphatic rings. The third-order valence-corrected chi connectivity index (χ3v) is 3.90. The van der Waals surface area contributed by atoms with E-state index in [1.165, 1.54) is 4.57 Å². The average Bonchev–Trinajstić information content (AvgIpc) is 2.95. The zero-order valence-corrected chi connectivity index (χ0v) is 13.4. The van der Waals surface area contributed by atoms with E-state index < -0.39 is 11.9 Å². The number of nitrogens with zero attached hydrogens (tertiary/aromatic N) is 3. The fourth-order valence-electron chi connectivity index (χ4n) is 2.65. The smallest absolute Gasteiger partial charge is 0.390 e. The Labute approximate surface area is 139 Å². The van der Waals surface area contributed by atoms with Crippen LogP contribution < -0.4 is 5.76 Å². The molecule has 0 radical (unpaired) electrons. The number of hydrogen-bond acceptors (Lipinski definition) is 6. The van der Waals surface area contributed by atoms with Crippen molar-refractivity contribution in [3.05, 3.63) is 52.3 Å². The van der Waals surface area contributed by atoms with Crippen LogP contribution in [0.3, 0.4) is 0 Å². The first-order chi connectivity index (χ1) is 11.7. The molecule has 24 heavy (non-hydrogen) atoms. The first-order valence-corrected chi connectivity index (χ1v) is 8.00. The maximum absolute atomic E-state index is 11.8. The van der Waals surface area contributed by atoms with Crippen LogP contribution >= 0.6 is 0 Å². The van der Waals surface area contributed by atoms with Crippen molar-refractivity contribution in [1.82, 2.24) is 14.6 Å². The van der Waals surface area contributed by atoms with Crippen molar-refractivity contribution in [2.24, 2.45) is 0 Å². The monoisotopic (exact) mass is 331 g/mol. The van der Waals surface area contributed by atoms with Crippen LogP contribution in [-0.2, 0) is 11.3 Å². The van der Waals surface area contributed by atoms with Crippen molar-refractivity contribution in [3.8, 4) is 0 Å². The molecule has 0 aliphatic carbocycles. The largest absolute Gasteiger partial charge is 0.441 e. The Morgan fingerprint density at radius 3 is 2.67 bits per heavy atom. The highest BCUT2D eigenvalue weighted by Gasteiger charge is 2.18. The Balaban J connectivity index is 1.66. The molecule has 7 nitrogen and oxygen atoms in total. The van der Waals surface area contributed by atoms with Gasteiger partial charge in [-0.1, -0.05) is 41.6 Å². The second kappa shape index (κ2) is 8.05. The molecule has 0 bridgehead atoms. The van der Waals surface area contributed by atoms with E-state index in [0.717, 1.165) is 18.7 Å². The highest BCUT2D eigenvalue weighted by atomic mass is 16.5. The summed E-state index contributed by atoms with van der Waals surface area (Å²) in [6.45, 7) is 3.56. The summed E-state index contributed by atoms with van der Waals surface area (Å²) in [6, 6.07) is 9.70. The van der Waals surface area contributed by atoms with E-state index in [9.17, 15) is 9.90 Å². The van der Waals surface area contributed by atoms with E-state index in [1.807, 2.05) is 36.4 Å². The summed E-state index contributed by atoms with van der Waals surface area (Å²) >= 11 is 0. The molecule has 1 unspecified atom stereocenters. The Morgan fingerprint density at radius 1 is 1.17 bits per heavy atom.